The van der Waals surface area contributed by atoms with Gasteiger partial charge in [0.15, 0.2) is 0 Å². The van der Waals surface area contributed by atoms with E-state index in [2.05, 4.69) is 10.6 Å². The van der Waals surface area contributed by atoms with Gasteiger partial charge in [-0.2, -0.15) is 13.2 Å². The lowest BCUT2D eigenvalue weighted by atomic mass is 9.95. The molecular weight excluding hydrogens is 519 g/mol. The summed E-state index contributed by atoms with van der Waals surface area (Å²) >= 11 is 0. The molecule has 0 spiro atoms. The molecule has 210 valence electrons. The van der Waals surface area contributed by atoms with Crippen LogP contribution in [0.4, 0.5) is 18.9 Å². The molecule has 0 aliphatic carbocycles. The van der Waals surface area contributed by atoms with Gasteiger partial charge in [0.1, 0.15) is 24.7 Å². The molecule has 39 heavy (non-hydrogen) atoms. The van der Waals surface area contributed by atoms with Crippen molar-refractivity contribution in [2.24, 2.45) is 5.92 Å². The fourth-order valence-electron chi connectivity index (χ4n) is 5.01. The minimum atomic E-state index is -4.49. The monoisotopic (exact) mass is 549 g/mol. The maximum absolute atomic E-state index is 12.8. The average Bonchev–Trinajstić information content (AvgIpc) is 2.88. The van der Waals surface area contributed by atoms with Gasteiger partial charge in [-0.05, 0) is 62.4 Å². The second-order valence-electron chi connectivity index (χ2n) is 10.1. The highest BCUT2D eigenvalue weighted by Gasteiger charge is 2.39. The van der Waals surface area contributed by atoms with Crippen molar-refractivity contribution in [3.8, 4) is 5.75 Å². The largest absolute Gasteiger partial charge is 0.490 e. The van der Waals surface area contributed by atoms with E-state index in [-0.39, 0.29) is 42.2 Å². The molecule has 3 aliphatic rings. The van der Waals surface area contributed by atoms with Crippen LogP contribution in [0.5, 0.6) is 5.75 Å². The summed E-state index contributed by atoms with van der Waals surface area (Å²) in [4.78, 5) is 26.6. The summed E-state index contributed by atoms with van der Waals surface area (Å²) in [5.41, 5.74) is 0.0311. The Morgan fingerprint density at radius 1 is 1.08 bits per heavy atom. The van der Waals surface area contributed by atoms with Crippen molar-refractivity contribution in [2.45, 2.75) is 43.5 Å². The van der Waals surface area contributed by atoms with Crippen LogP contribution in [-0.4, -0.2) is 73.5 Å². The van der Waals surface area contributed by atoms with Gasteiger partial charge in [-0.3, -0.25) is 14.5 Å². The number of halogens is 3. The number of rotatable bonds is 5. The molecule has 9 nitrogen and oxygen atoms in total. The Hall–Kier alpha value is -3.19. The number of hydrogen-bond acceptors (Lipinski definition) is 7. The number of carbonyl (C=O) groups is 2. The molecule has 0 saturated carbocycles. The molecule has 3 aliphatic heterocycles. The van der Waals surface area contributed by atoms with Gasteiger partial charge in [-0.15, -0.1) is 0 Å². The van der Waals surface area contributed by atoms with Crippen molar-refractivity contribution in [1.82, 2.24) is 10.2 Å². The fraction of sp³-hybridized carbons (Fsp3) is 0.481. The summed E-state index contributed by atoms with van der Waals surface area (Å²) in [6, 6.07) is 8.59. The Morgan fingerprint density at radius 2 is 1.82 bits per heavy atom. The minimum absolute atomic E-state index is 0.0384. The predicted molar refractivity (Wildman–Crippen MR) is 133 cm³/mol. The second-order valence-corrected chi connectivity index (χ2v) is 10.1. The number of alkyl halides is 3. The third-order valence-corrected chi connectivity index (χ3v) is 7.43. The lowest BCUT2D eigenvalue weighted by Gasteiger charge is -2.44. The summed E-state index contributed by atoms with van der Waals surface area (Å²) in [6.45, 7) is 1.51. The molecule has 2 saturated heterocycles. The van der Waals surface area contributed by atoms with Crippen LogP contribution in [0.2, 0.25) is 0 Å². The van der Waals surface area contributed by atoms with Crippen LogP contribution in [-0.2, 0) is 20.4 Å². The van der Waals surface area contributed by atoms with Crippen molar-refractivity contribution in [3.05, 3.63) is 59.2 Å². The number of aliphatic hydroxyl groups excluding tert-OH is 1. The van der Waals surface area contributed by atoms with Crippen molar-refractivity contribution in [3.63, 3.8) is 0 Å². The third-order valence-electron chi connectivity index (χ3n) is 7.43. The van der Waals surface area contributed by atoms with E-state index in [1.165, 1.54) is 0 Å². The summed E-state index contributed by atoms with van der Waals surface area (Å²) in [7, 11) is 1.78. The lowest BCUT2D eigenvalue weighted by Crippen LogP contribution is -2.54. The van der Waals surface area contributed by atoms with Gasteiger partial charge in [0.2, 0.25) is 5.91 Å². The smallest absolute Gasteiger partial charge is 0.416 e. The zero-order valence-corrected chi connectivity index (χ0v) is 21.2. The first-order valence-electron chi connectivity index (χ1n) is 12.8. The molecule has 2 aromatic carbocycles. The molecule has 0 aromatic heterocycles. The summed E-state index contributed by atoms with van der Waals surface area (Å²) in [6.07, 6.45) is -4.65. The van der Waals surface area contributed by atoms with Crippen LogP contribution >= 0.6 is 0 Å². The molecular formula is C27H30F3N3O6. The zero-order valence-electron chi connectivity index (χ0n) is 21.2. The molecule has 2 amide bonds. The number of benzene rings is 2. The molecule has 1 unspecified atom stereocenters. The van der Waals surface area contributed by atoms with Gasteiger partial charge in [-0.1, -0.05) is 0 Å². The number of anilines is 1. The SMILES string of the molecule is CN1C(O)c2cc(NC(=O)c3ccc(C(F)(F)F)cc3)ccc2OC[C@@H]2O[C@H](CNC(=O)C3COC3)CC[C@@H]21. The van der Waals surface area contributed by atoms with E-state index in [0.717, 1.165) is 24.3 Å². The van der Waals surface area contributed by atoms with Crippen molar-refractivity contribution in [2.75, 3.05) is 38.7 Å². The summed E-state index contributed by atoms with van der Waals surface area (Å²) in [5, 5.41) is 16.8. The van der Waals surface area contributed by atoms with Crippen molar-refractivity contribution >= 4 is 17.5 Å². The number of nitrogens with zero attached hydrogens (tertiary/aromatic N) is 1. The van der Waals surface area contributed by atoms with E-state index in [9.17, 15) is 27.9 Å². The number of carbonyl (C=O) groups excluding carboxylic acids is 2. The molecule has 0 radical (unpaired) electrons. The number of fused-ring (bicyclic) bond motifs is 2. The summed E-state index contributed by atoms with van der Waals surface area (Å²) in [5.74, 6) is -0.302. The number of aliphatic hydroxyl groups is 1. The normalized spacial score (nSPS) is 25.7. The van der Waals surface area contributed by atoms with E-state index in [1.54, 1.807) is 30.1 Å². The van der Waals surface area contributed by atoms with Gasteiger partial charge in [0.05, 0.1) is 30.8 Å². The van der Waals surface area contributed by atoms with Crippen LogP contribution in [0.3, 0.4) is 0 Å². The predicted octanol–water partition coefficient (Wildman–Crippen LogP) is 2.95. The number of hydrogen-bond donors (Lipinski definition) is 3. The number of nitrogens with one attached hydrogen (secondary N) is 2. The zero-order chi connectivity index (χ0) is 27.7. The number of amides is 2. The Morgan fingerprint density at radius 3 is 2.49 bits per heavy atom. The minimum Gasteiger partial charge on any atom is -0.490 e. The van der Waals surface area contributed by atoms with Crippen molar-refractivity contribution in [1.29, 1.82) is 0 Å². The van der Waals surface area contributed by atoms with Gasteiger partial charge < -0.3 is 30.0 Å². The van der Waals surface area contributed by atoms with Gasteiger partial charge in [0.25, 0.3) is 5.91 Å². The Balaban J connectivity index is 1.24. The highest BCUT2D eigenvalue weighted by atomic mass is 19.4. The average molecular weight is 550 g/mol. The van der Waals surface area contributed by atoms with Gasteiger partial charge >= 0.3 is 6.18 Å². The van der Waals surface area contributed by atoms with Crippen LogP contribution in [0.15, 0.2) is 42.5 Å². The van der Waals surface area contributed by atoms with Gasteiger partial charge in [0, 0.05) is 29.4 Å². The third kappa shape index (κ3) is 6.03. The molecule has 3 N–H and O–H groups in total. The molecule has 5 rings (SSSR count). The van der Waals surface area contributed by atoms with E-state index in [0.29, 0.717) is 49.6 Å². The first-order chi connectivity index (χ1) is 18.6. The quantitative estimate of drug-likeness (QED) is 0.526. The molecule has 12 heteroatoms. The topological polar surface area (TPSA) is 109 Å². The Bertz CT molecular complexity index is 1200. The highest BCUT2D eigenvalue weighted by molar-refractivity contribution is 6.04. The van der Waals surface area contributed by atoms with Crippen molar-refractivity contribution < 1.29 is 42.1 Å². The maximum Gasteiger partial charge on any atom is 0.416 e. The standard InChI is InChI=1S/C27H30F3N3O6/c1-33-21-8-7-19(11-31-24(34)16-12-37-13-16)39-23(21)14-38-22-9-6-18(10-20(22)26(33)36)32-25(35)15-2-4-17(5-3-15)27(28,29)30/h2-6,9-10,16,19,21,23,26,36H,7-8,11-14H2,1H3,(H,31,34)(H,32,35)/t19-,21-,23-,26?/m0/s1. The molecule has 2 fully saturated rings. The Labute approximate surface area is 223 Å². The van der Waals surface area contributed by atoms with Crippen LogP contribution < -0.4 is 15.4 Å². The second kappa shape index (κ2) is 11.1. The maximum atomic E-state index is 12.8. The van der Waals surface area contributed by atoms with Crippen LogP contribution in [0, 0.1) is 5.92 Å². The van der Waals surface area contributed by atoms with E-state index in [1.807, 2.05) is 0 Å². The number of likely N-dealkylation sites (N-methyl/N-ethyl adjacent to an activating group) is 1. The Kier molecular flexibility index (Phi) is 7.81. The van der Waals surface area contributed by atoms with E-state index in [4.69, 9.17) is 14.2 Å². The van der Waals surface area contributed by atoms with E-state index < -0.39 is 23.9 Å². The lowest BCUT2D eigenvalue weighted by molar-refractivity contribution is -0.149. The first-order valence-corrected chi connectivity index (χ1v) is 12.8. The molecule has 4 atom stereocenters. The van der Waals surface area contributed by atoms with Crippen LogP contribution in [0.25, 0.3) is 0 Å². The summed E-state index contributed by atoms with van der Waals surface area (Å²) < 4.78 is 55.8. The molecule has 2 aromatic rings. The molecule has 3 heterocycles. The highest BCUT2D eigenvalue weighted by Crippen LogP contribution is 2.37. The van der Waals surface area contributed by atoms with Crippen LogP contribution in [0.1, 0.15) is 40.6 Å². The number of ether oxygens (including phenoxy) is 3. The molecule has 0 bridgehead atoms. The fourth-order valence-corrected chi connectivity index (χ4v) is 5.01. The first kappa shape index (κ1) is 27.4. The van der Waals surface area contributed by atoms with E-state index >= 15 is 0 Å². The van der Waals surface area contributed by atoms with Gasteiger partial charge in [-0.25, -0.2) is 0 Å².